The molecule has 0 aromatic heterocycles. The van der Waals surface area contributed by atoms with Crippen LogP contribution in [0.2, 0.25) is 0 Å². The van der Waals surface area contributed by atoms with Gasteiger partial charge in [0.05, 0.1) is 18.2 Å². The molecule has 0 unspecified atom stereocenters. The fourth-order valence-electron chi connectivity index (χ4n) is 3.83. The predicted molar refractivity (Wildman–Crippen MR) is 107 cm³/mol. The Morgan fingerprint density at radius 3 is 2.57 bits per heavy atom. The third kappa shape index (κ3) is 4.86. The van der Waals surface area contributed by atoms with Gasteiger partial charge in [-0.15, -0.1) is 0 Å². The zero-order valence-corrected chi connectivity index (χ0v) is 16.8. The highest BCUT2D eigenvalue weighted by Gasteiger charge is 2.35. The van der Waals surface area contributed by atoms with Gasteiger partial charge >= 0.3 is 12.0 Å². The number of urea groups is 1. The summed E-state index contributed by atoms with van der Waals surface area (Å²) in [4.78, 5) is 25.2. The summed E-state index contributed by atoms with van der Waals surface area (Å²) in [6.45, 7) is 4.35. The minimum atomic E-state index is -0.597. The van der Waals surface area contributed by atoms with Crippen molar-refractivity contribution in [2.45, 2.75) is 70.9 Å². The quantitative estimate of drug-likeness (QED) is 0.562. The molecule has 2 N–H and O–H groups in total. The van der Waals surface area contributed by atoms with Gasteiger partial charge in [0.2, 0.25) is 0 Å². The van der Waals surface area contributed by atoms with Gasteiger partial charge in [-0.3, -0.25) is 0 Å². The molecule has 2 aliphatic rings. The molecule has 0 spiro atoms. The number of benzene rings is 1. The van der Waals surface area contributed by atoms with E-state index < -0.39 is 6.04 Å². The Morgan fingerprint density at radius 1 is 1.14 bits per heavy atom. The smallest absolute Gasteiger partial charge is 0.338 e. The molecule has 1 aliphatic carbocycles. The van der Waals surface area contributed by atoms with Crippen LogP contribution in [0.25, 0.3) is 0 Å². The summed E-state index contributed by atoms with van der Waals surface area (Å²) in [5, 5.41) is 5.58. The van der Waals surface area contributed by atoms with Crippen molar-refractivity contribution >= 4 is 12.0 Å². The SMILES string of the molecule is CCCOc1ccccc1[C@H]1NC(=O)NC(C)=C1C(=O)OC1CCCCCC1. The Morgan fingerprint density at radius 2 is 1.86 bits per heavy atom. The van der Waals surface area contributed by atoms with Gasteiger partial charge in [0.15, 0.2) is 0 Å². The van der Waals surface area contributed by atoms with Crippen molar-refractivity contribution in [1.82, 2.24) is 10.6 Å². The Kier molecular flexibility index (Phi) is 6.95. The van der Waals surface area contributed by atoms with E-state index in [9.17, 15) is 9.59 Å². The number of esters is 1. The predicted octanol–water partition coefficient (Wildman–Crippen LogP) is 4.37. The molecule has 1 aromatic rings. The van der Waals surface area contributed by atoms with Crippen molar-refractivity contribution in [3.8, 4) is 5.75 Å². The van der Waals surface area contributed by atoms with Crippen molar-refractivity contribution < 1.29 is 19.1 Å². The van der Waals surface area contributed by atoms with E-state index in [2.05, 4.69) is 10.6 Å². The highest BCUT2D eigenvalue weighted by atomic mass is 16.5. The van der Waals surface area contributed by atoms with Crippen LogP contribution in [0, 0.1) is 0 Å². The van der Waals surface area contributed by atoms with Gasteiger partial charge in [-0.05, 0) is 45.1 Å². The maximum atomic E-state index is 13.1. The number of hydrogen-bond donors (Lipinski definition) is 2. The Labute approximate surface area is 166 Å². The van der Waals surface area contributed by atoms with Gasteiger partial charge in [0, 0.05) is 11.3 Å². The van der Waals surface area contributed by atoms with Gasteiger partial charge in [0.25, 0.3) is 0 Å². The maximum absolute atomic E-state index is 13.1. The molecule has 6 heteroatoms. The normalized spacial score (nSPS) is 20.8. The minimum Gasteiger partial charge on any atom is -0.493 e. The average molecular weight is 386 g/mol. The number of allylic oxidation sites excluding steroid dienone is 1. The third-order valence-electron chi connectivity index (χ3n) is 5.26. The summed E-state index contributed by atoms with van der Waals surface area (Å²) < 4.78 is 11.7. The van der Waals surface area contributed by atoms with E-state index in [1.165, 1.54) is 12.8 Å². The first-order chi connectivity index (χ1) is 13.6. The maximum Gasteiger partial charge on any atom is 0.338 e. The van der Waals surface area contributed by atoms with Crippen LogP contribution >= 0.6 is 0 Å². The zero-order chi connectivity index (χ0) is 19.9. The van der Waals surface area contributed by atoms with E-state index in [0.29, 0.717) is 23.6 Å². The van der Waals surface area contributed by atoms with E-state index in [-0.39, 0.29) is 18.1 Å². The van der Waals surface area contributed by atoms with Crippen molar-refractivity contribution in [2.75, 3.05) is 6.61 Å². The highest BCUT2D eigenvalue weighted by Crippen LogP contribution is 2.34. The lowest BCUT2D eigenvalue weighted by atomic mass is 9.94. The van der Waals surface area contributed by atoms with Crippen molar-refractivity contribution in [2.24, 2.45) is 0 Å². The molecule has 0 radical (unpaired) electrons. The molecule has 3 rings (SSSR count). The summed E-state index contributed by atoms with van der Waals surface area (Å²) in [5.41, 5.74) is 1.73. The number of carbonyl (C=O) groups excluding carboxylic acids is 2. The summed E-state index contributed by atoms with van der Waals surface area (Å²) in [6.07, 6.45) is 7.18. The number of rotatable bonds is 6. The first-order valence-electron chi connectivity index (χ1n) is 10.3. The second-order valence-corrected chi connectivity index (χ2v) is 7.48. The Hall–Kier alpha value is -2.50. The largest absolute Gasteiger partial charge is 0.493 e. The number of amides is 2. The Balaban J connectivity index is 1.87. The molecule has 28 heavy (non-hydrogen) atoms. The molecule has 2 amide bonds. The monoisotopic (exact) mass is 386 g/mol. The molecule has 1 aromatic carbocycles. The van der Waals surface area contributed by atoms with E-state index >= 15 is 0 Å². The van der Waals surface area contributed by atoms with Crippen LogP contribution in [0.1, 0.15) is 70.4 Å². The average Bonchev–Trinajstić information content (AvgIpc) is 2.94. The third-order valence-corrected chi connectivity index (χ3v) is 5.26. The lowest BCUT2D eigenvalue weighted by Crippen LogP contribution is -2.45. The summed E-state index contributed by atoms with van der Waals surface area (Å²) in [7, 11) is 0. The number of carbonyl (C=O) groups is 2. The molecular formula is C22H30N2O4. The van der Waals surface area contributed by atoms with Crippen LogP contribution in [0.15, 0.2) is 35.5 Å². The van der Waals surface area contributed by atoms with Crippen molar-refractivity contribution in [1.29, 1.82) is 0 Å². The molecule has 0 saturated heterocycles. The molecule has 1 fully saturated rings. The molecular weight excluding hydrogens is 356 g/mol. The van der Waals surface area contributed by atoms with Crippen LogP contribution in [-0.2, 0) is 9.53 Å². The number of para-hydroxylation sites is 1. The highest BCUT2D eigenvalue weighted by molar-refractivity contribution is 5.95. The van der Waals surface area contributed by atoms with Gasteiger partial charge in [-0.1, -0.05) is 38.0 Å². The summed E-state index contributed by atoms with van der Waals surface area (Å²) in [5.74, 6) is 0.302. The second-order valence-electron chi connectivity index (χ2n) is 7.48. The fraction of sp³-hybridized carbons (Fsp3) is 0.545. The standard InChI is InChI=1S/C22H30N2O4/c1-3-14-27-18-13-9-8-12-17(18)20-19(15(2)23-22(26)24-20)21(25)28-16-10-6-4-5-7-11-16/h8-9,12-13,16,20H,3-7,10-11,14H2,1-2H3,(H2,23,24,26)/t20-/m1/s1. The molecule has 1 saturated carbocycles. The topological polar surface area (TPSA) is 76.7 Å². The summed E-state index contributed by atoms with van der Waals surface area (Å²) >= 11 is 0. The van der Waals surface area contributed by atoms with Crippen LogP contribution < -0.4 is 15.4 Å². The van der Waals surface area contributed by atoms with Crippen molar-refractivity contribution in [3.63, 3.8) is 0 Å². The summed E-state index contributed by atoms with van der Waals surface area (Å²) in [6, 6.07) is 6.58. The first kappa shape index (κ1) is 20.2. The van der Waals surface area contributed by atoms with Gasteiger partial charge in [-0.2, -0.15) is 0 Å². The Bertz CT molecular complexity index is 736. The molecule has 0 bridgehead atoms. The number of ether oxygens (including phenoxy) is 2. The molecule has 152 valence electrons. The van der Waals surface area contributed by atoms with E-state index in [0.717, 1.165) is 37.7 Å². The van der Waals surface area contributed by atoms with Crippen LogP contribution in [-0.4, -0.2) is 24.7 Å². The van der Waals surface area contributed by atoms with Crippen LogP contribution in [0.5, 0.6) is 5.75 Å². The van der Waals surface area contributed by atoms with Gasteiger partial charge in [-0.25, -0.2) is 9.59 Å². The van der Waals surface area contributed by atoms with Crippen molar-refractivity contribution in [3.05, 3.63) is 41.1 Å². The first-order valence-corrected chi connectivity index (χ1v) is 10.3. The zero-order valence-electron chi connectivity index (χ0n) is 16.8. The van der Waals surface area contributed by atoms with Gasteiger partial charge in [0.1, 0.15) is 11.9 Å². The van der Waals surface area contributed by atoms with Crippen LogP contribution in [0.3, 0.4) is 0 Å². The second kappa shape index (κ2) is 9.62. The number of nitrogens with one attached hydrogen (secondary N) is 2. The number of hydrogen-bond acceptors (Lipinski definition) is 4. The van der Waals surface area contributed by atoms with Gasteiger partial charge < -0.3 is 20.1 Å². The van der Waals surface area contributed by atoms with Crippen LogP contribution in [0.4, 0.5) is 4.79 Å². The molecule has 6 nitrogen and oxygen atoms in total. The van der Waals surface area contributed by atoms with E-state index in [4.69, 9.17) is 9.47 Å². The van der Waals surface area contributed by atoms with E-state index in [1.807, 2.05) is 31.2 Å². The van der Waals surface area contributed by atoms with E-state index in [1.54, 1.807) is 6.92 Å². The fourth-order valence-corrected chi connectivity index (χ4v) is 3.83. The molecule has 1 aliphatic heterocycles. The molecule has 1 atom stereocenters. The lowest BCUT2D eigenvalue weighted by molar-refractivity contribution is -0.145. The molecule has 1 heterocycles. The minimum absolute atomic E-state index is 0.0554. The lowest BCUT2D eigenvalue weighted by Gasteiger charge is -2.30.